The van der Waals surface area contributed by atoms with Crippen molar-refractivity contribution in [1.82, 2.24) is 9.80 Å². The van der Waals surface area contributed by atoms with Crippen molar-refractivity contribution < 1.29 is 50.8 Å². The number of hydrogen-bond acceptors (Lipinski definition) is 6. The number of piperazine rings is 1. The number of aliphatic hydroxyl groups excluding tert-OH is 1. The zero-order valence-corrected chi connectivity index (χ0v) is 16.5. The highest BCUT2D eigenvalue weighted by molar-refractivity contribution is 6.30. The average Bonchev–Trinajstić information content (AvgIpc) is 2.64. The Morgan fingerprint density at radius 2 is 1.65 bits per heavy atom. The Kier molecular flexibility index (Phi) is 8.25. The predicted molar refractivity (Wildman–Crippen MR) is 94.4 cm³/mol. The molecular weight excluding hydrogens is 462 g/mol. The first-order chi connectivity index (χ1) is 14.3. The Bertz CT molecular complexity index is 740. The van der Waals surface area contributed by atoms with Crippen molar-refractivity contribution in [2.75, 3.05) is 32.8 Å². The number of ether oxygens (including phenoxy) is 2. The highest BCUT2D eigenvalue weighted by Crippen LogP contribution is 2.36. The number of rotatable bonds is 6. The molecule has 1 aliphatic heterocycles. The van der Waals surface area contributed by atoms with Gasteiger partial charge in [0.25, 0.3) is 6.10 Å². The second-order valence-corrected chi connectivity index (χ2v) is 7.09. The van der Waals surface area contributed by atoms with Gasteiger partial charge in [-0.15, -0.1) is 0 Å². The van der Waals surface area contributed by atoms with Gasteiger partial charge in [0.2, 0.25) is 0 Å². The molecule has 14 heteroatoms. The summed E-state index contributed by atoms with van der Waals surface area (Å²) in [5.74, 6) is 0.278. The van der Waals surface area contributed by atoms with Crippen LogP contribution in [0.5, 0.6) is 5.75 Å². The van der Waals surface area contributed by atoms with Crippen LogP contribution >= 0.6 is 11.6 Å². The summed E-state index contributed by atoms with van der Waals surface area (Å²) in [6.07, 6.45) is -19.2. The molecule has 1 aromatic rings. The van der Waals surface area contributed by atoms with Gasteiger partial charge in [0.15, 0.2) is 6.29 Å². The third-order valence-electron chi connectivity index (χ3n) is 4.25. The summed E-state index contributed by atoms with van der Waals surface area (Å²) in [6, 6.07) is 4.65. The Labute approximate surface area is 177 Å². The van der Waals surface area contributed by atoms with Crippen LogP contribution in [-0.4, -0.2) is 83.6 Å². The number of carbonyl (C=O) groups excluding carboxylic acids is 1. The molecule has 31 heavy (non-hydrogen) atoms. The maximum absolute atomic E-state index is 12.6. The second kappa shape index (κ2) is 10.1. The molecule has 1 amide bonds. The fourth-order valence-corrected chi connectivity index (χ4v) is 2.94. The van der Waals surface area contributed by atoms with Crippen LogP contribution in [0.25, 0.3) is 0 Å². The minimum atomic E-state index is -5.77. The van der Waals surface area contributed by atoms with E-state index in [1.165, 1.54) is 6.07 Å². The Morgan fingerprint density at radius 3 is 2.16 bits per heavy atom. The number of amides is 1. The van der Waals surface area contributed by atoms with Crippen molar-refractivity contribution in [3.63, 3.8) is 0 Å². The molecule has 176 valence electrons. The minimum Gasteiger partial charge on any atom is -0.488 e. The first-order valence-corrected chi connectivity index (χ1v) is 9.24. The van der Waals surface area contributed by atoms with Gasteiger partial charge in [-0.3, -0.25) is 4.90 Å². The molecule has 0 aromatic heterocycles. The lowest BCUT2D eigenvalue weighted by atomic mass is 10.1. The van der Waals surface area contributed by atoms with Gasteiger partial charge in [-0.05, 0) is 12.1 Å². The summed E-state index contributed by atoms with van der Waals surface area (Å²) in [5, 5.41) is 18.2. The average molecular weight is 481 g/mol. The lowest BCUT2D eigenvalue weighted by Gasteiger charge is -2.35. The van der Waals surface area contributed by atoms with Gasteiger partial charge in [0.1, 0.15) is 12.4 Å². The van der Waals surface area contributed by atoms with Crippen LogP contribution in [0, 0.1) is 0 Å². The first kappa shape index (κ1) is 25.3. The molecule has 0 bridgehead atoms. The topological polar surface area (TPSA) is 82.5 Å². The van der Waals surface area contributed by atoms with E-state index in [-0.39, 0.29) is 38.5 Å². The van der Waals surface area contributed by atoms with Gasteiger partial charge >= 0.3 is 18.4 Å². The van der Waals surface area contributed by atoms with Crippen molar-refractivity contribution >= 4 is 17.7 Å². The number of aliphatic hydroxyl groups is 2. The van der Waals surface area contributed by atoms with Crippen LogP contribution in [0.2, 0.25) is 5.02 Å². The lowest BCUT2D eigenvalue weighted by molar-refractivity contribution is -0.308. The molecule has 1 saturated heterocycles. The number of carbonyl (C=O) groups is 1. The quantitative estimate of drug-likeness (QED) is 0.481. The molecular formula is C17H19ClF6N2O5. The highest BCUT2D eigenvalue weighted by Gasteiger charge is 2.60. The van der Waals surface area contributed by atoms with Crippen LogP contribution in [0.15, 0.2) is 18.2 Å². The van der Waals surface area contributed by atoms with E-state index in [2.05, 4.69) is 4.74 Å². The fourth-order valence-electron chi connectivity index (χ4n) is 2.78. The van der Waals surface area contributed by atoms with Crippen molar-refractivity contribution in [3.8, 4) is 5.75 Å². The number of benzene rings is 1. The van der Waals surface area contributed by atoms with Gasteiger partial charge < -0.3 is 24.6 Å². The summed E-state index contributed by atoms with van der Waals surface area (Å²) in [5.41, 5.74) is 0.607. The summed E-state index contributed by atoms with van der Waals surface area (Å²) in [4.78, 5) is 14.4. The van der Waals surface area contributed by atoms with E-state index in [4.69, 9.17) is 26.6 Å². The van der Waals surface area contributed by atoms with E-state index >= 15 is 0 Å². The van der Waals surface area contributed by atoms with E-state index in [1.54, 1.807) is 17.0 Å². The Morgan fingerprint density at radius 1 is 1.06 bits per heavy atom. The molecule has 0 spiro atoms. The minimum absolute atomic E-state index is 0.141. The van der Waals surface area contributed by atoms with Crippen LogP contribution in [-0.2, 0) is 11.3 Å². The van der Waals surface area contributed by atoms with Crippen molar-refractivity contribution in [2.24, 2.45) is 0 Å². The molecule has 0 atom stereocenters. The summed E-state index contributed by atoms with van der Waals surface area (Å²) in [6.45, 7) is -0.178. The molecule has 0 aliphatic carbocycles. The fraction of sp³-hybridized carbons (Fsp3) is 0.588. The summed E-state index contributed by atoms with van der Waals surface area (Å²) < 4.78 is 84.3. The standard InChI is InChI=1S/C17H19ClF6N2O5/c18-11-2-1-10(12(7-11)30-9-13(27)28)8-25-3-5-26(6-4-25)15(29)31-14(16(19,20)21)17(22,23)24/h1-2,7,13-14,27-28H,3-6,8-9H2. The van der Waals surface area contributed by atoms with Gasteiger partial charge in [0, 0.05) is 43.3 Å². The molecule has 0 unspecified atom stereocenters. The van der Waals surface area contributed by atoms with E-state index in [1.807, 2.05) is 0 Å². The van der Waals surface area contributed by atoms with Crippen LogP contribution < -0.4 is 4.74 Å². The number of nitrogens with zero attached hydrogens (tertiary/aromatic N) is 2. The van der Waals surface area contributed by atoms with E-state index in [9.17, 15) is 31.1 Å². The second-order valence-electron chi connectivity index (χ2n) is 6.65. The lowest BCUT2D eigenvalue weighted by Crippen LogP contribution is -2.52. The number of halogens is 7. The van der Waals surface area contributed by atoms with Gasteiger partial charge in [-0.25, -0.2) is 4.79 Å². The zero-order valence-electron chi connectivity index (χ0n) is 15.8. The van der Waals surface area contributed by atoms with Gasteiger partial charge in [-0.2, -0.15) is 26.3 Å². The number of hydrogen-bond donors (Lipinski definition) is 2. The molecule has 0 radical (unpaired) electrons. The molecule has 1 aliphatic rings. The smallest absolute Gasteiger partial charge is 0.434 e. The van der Waals surface area contributed by atoms with Crippen molar-refractivity contribution in [2.45, 2.75) is 31.3 Å². The molecule has 7 nitrogen and oxygen atoms in total. The Hall–Kier alpha value is -1.96. The van der Waals surface area contributed by atoms with Crippen LogP contribution in [0.3, 0.4) is 0 Å². The molecule has 1 aromatic carbocycles. The van der Waals surface area contributed by atoms with Gasteiger partial charge in [-0.1, -0.05) is 17.7 Å². The molecule has 1 fully saturated rings. The summed E-state index contributed by atoms with van der Waals surface area (Å²) >= 11 is 5.90. The Balaban J connectivity index is 1.95. The van der Waals surface area contributed by atoms with E-state index in [0.717, 1.165) is 4.90 Å². The zero-order chi connectivity index (χ0) is 23.4. The number of alkyl halides is 6. The summed E-state index contributed by atoms with van der Waals surface area (Å²) in [7, 11) is 0. The normalized spacial score (nSPS) is 16.2. The van der Waals surface area contributed by atoms with E-state index in [0.29, 0.717) is 10.6 Å². The monoisotopic (exact) mass is 480 g/mol. The highest BCUT2D eigenvalue weighted by atomic mass is 35.5. The first-order valence-electron chi connectivity index (χ1n) is 8.86. The third kappa shape index (κ3) is 7.59. The van der Waals surface area contributed by atoms with E-state index < -0.39 is 37.4 Å². The maximum Gasteiger partial charge on any atom is 0.434 e. The SMILES string of the molecule is O=C(OC(C(F)(F)F)C(F)(F)F)N1CCN(Cc2ccc(Cl)cc2OCC(O)O)CC1. The van der Waals surface area contributed by atoms with Gasteiger partial charge in [0.05, 0.1) is 0 Å². The van der Waals surface area contributed by atoms with Crippen molar-refractivity contribution in [1.29, 1.82) is 0 Å². The van der Waals surface area contributed by atoms with Crippen LogP contribution in [0.4, 0.5) is 31.1 Å². The third-order valence-corrected chi connectivity index (χ3v) is 4.49. The molecule has 1 heterocycles. The molecule has 2 N–H and O–H groups in total. The molecule has 0 saturated carbocycles. The maximum atomic E-state index is 12.6. The van der Waals surface area contributed by atoms with Crippen molar-refractivity contribution in [3.05, 3.63) is 28.8 Å². The van der Waals surface area contributed by atoms with Crippen LogP contribution in [0.1, 0.15) is 5.56 Å². The largest absolute Gasteiger partial charge is 0.488 e. The molecule has 2 rings (SSSR count). The predicted octanol–water partition coefficient (Wildman–Crippen LogP) is 2.78.